The second-order valence-electron chi connectivity index (χ2n) is 2.42. The van der Waals surface area contributed by atoms with Gasteiger partial charge >= 0.3 is 0 Å². The third kappa shape index (κ3) is 1.23. The average Bonchev–Trinajstić information content (AvgIpc) is 2.38. The van der Waals surface area contributed by atoms with Crippen LogP contribution in [0.3, 0.4) is 0 Å². The van der Waals surface area contributed by atoms with Gasteiger partial charge in [-0.2, -0.15) is 0 Å². The van der Waals surface area contributed by atoms with E-state index in [1.54, 1.807) is 12.2 Å². The van der Waals surface area contributed by atoms with Crippen LogP contribution in [0.4, 0.5) is 0 Å². The molecule has 0 aromatic heterocycles. The maximum Gasteiger partial charge on any atom is 0.255 e. The molecule has 0 bridgehead atoms. The zero-order chi connectivity index (χ0) is 9.14. The predicted molar refractivity (Wildman–Crippen MR) is 49.1 cm³/mol. The van der Waals surface area contributed by atoms with Gasteiger partial charge < -0.3 is 0 Å². The normalized spacial score (nSPS) is 17.4. The summed E-state index contributed by atoms with van der Waals surface area (Å²) >= 11 is 0. The Morgan fingerprint density at radius 2 is 2.25 bits per heavy atom. The van der Waals surface area contributed by atoms with E-state index in [2.05, 4.69) is 13.2 Å². The summed E-state index contributed by atoms with van der Waals surface area (Å²) in [7, 11) is 0. The van der Waals surface area contributed by atoms with Gasteiger partial charge in [0, 0.05) is 17.5 Å². The smallest absolute Gasteiger partial charge is 0.255 e. The lowest BCUT2D eigenvalue weighted by Crippen LogP contribution is -2.21. The first-order valence-corrected chi connectivity index (χ1v) is 3.70. The van der Waals surface area contributed by atoms with Crippen molar-refractivity contribution in [3.8, 4) is 0 Å². The van der Waals surface area contributed by atoms with Gasteiger partial charge in [0.05, 0.1) is 0 Å². The SMILES string of the molecule is C=C/C(=C\C)N1C(=C)C=CC1=O. The van der Waals surface area contributed by atoms with Crippen LogP contribution in [-0.2, 0) is 4.79 Å². The monoisotopic (exact) mass is 161 g/mol. The summed E-state index contributed by atoms with van der Waals surface area (Å²) in [6.45, 7) is 9.20. The van der Waals surface area contributed by atoms with Crippen molar-refractivity contribution in [2.75, 3.05) is 0 Å². The summed E-state index contributed by atoms with van der Waals surface area (Å²) in [5.41, 5.74) is 1.46. The summed E-state index contributed by atoms with van der Waals surface area (Å²) in [6, 6.07) is 0. The molecule has 1 aliphatic heterocycles. The second kappa shape index (κ2) is 3.22. The van der Waals surface area contributed by atoms with Crippen LogP contribution in [0.5, 0.6) is 0 Å². The zero-order valence-corrected chi connectivity index (χ0v) is 7.08. The molecule has 1 aliphatic rings. The number of hydrogen-bond acceptors (Lipinski definition) is 1. The van der Waals surface area contributed by atoms with Crippen LogP contribution < -0.4 is 0 Å². The van der Waals surface area contributed by atoms with Crippen molar-refractivity contribution >= 4 is 5.91 Å². The number of hydrogen-bond donors (Lipinski definition) is 0. The highest BCUT2D eigenvalue weighted by molar-refractivity contribution is 5.94. The topological polar surface area (TPSA) is 20.3 Å². The van der Waals surface area contributed by atoms with Crippen molar-refractivity contribution in [2.45, 2.75) is 6.92 Å². The molecule has 0 unspecified atom stereocenters. The van der Waals surface area contributed by atoms with Gasteiger partial charge in [0.1, 0.15) is 0 Å². The summed E-state index contributed by atoms with van der Waals surface area (Å²) in [6.07, 6.45) is 6.64. The molecule has 1 rings (SSSR count). The van der Waals surface area contributed by atoms with E-state index in [4.69, 9.17) is 0 Å². The summed E-state index contributed by atoms with van der Waals surface area (Å²) in [4.78, 5) is 12.8. The molecule has 0 aromatic carbocycles. The number of amides is 1. The van der Waals surface area contributed by atoms with Crippen molar-refractivity contribution in [2.24, 2.45) is 0 Å². The van der Waals surface area contributed by atoms with E-state index >= 15 is 0 Å². The molecular weight excluding hydrogens is 150 g/mol. The molecule has 0 N–H and O–H groups in total. The molecule has 0 aliphatic carbocycles. The van der Waals surface area contributed by atoms with Crippen LogP contribution in [-0.4, -0.2) is 10.8 Å². The van der Waals surface area contributed by atoms with Gasteiger partial charge in [-0.25, -0.2) is 0 Å². The Balaban J connectivity index is 2.97. The quantitative estimate of drug-likeness (QED) is 0.567. The molecule has 0 aromatic rings. The molecular formula is C10H11NO. The Morgan fingerprint density at radius 1 is 1.58 bits per heavy atom. The maximum absolute atomic E-state index is 11.2. The first-order valence-electron chi connectivity index (χ1n) is 3.70. The number of rotatable bonds is 2. The van der Waals surface area contributed by atoms with Crippen molar-refractivity contribution in [3.63, 3.8) is 0 Å². The maximum atomic E-state index is 11.2. The number of allylic oxidation sites excluding steroid dienone is 3. The fourth-order valence-electron chi connectivity index (χ4n) is 1.09. The van der Waals surface area contributed by atoms with Gasteiger partial charge in [0.25, 0.3) is 5.91 Å². The van der Waals surface area contributed by atoms with Gasteiger partial charge in [-0.3, -0.25) is 9.69 Å². The molecule has 12 heavy (non-hydrogen) atoms. The Bertz CT molecular complexity index is 279. The molecule has 1 amide bonds. The number of carbonyl (C=O) groups excluding carboxylic acids is 1. The van der Waals surface area contributed by atoms with E-state index in [1.165, 1.54) is 11.0 Å². The van der Waals surface area contributed by atoms with Gasteiger partial charge in [-0.15, -0.1) is 0 Å². The Labute approximate surface area is 72.2 Å². The van der Waals surface area contributed by atoms with Gasteiger partial charge in [0.15, 0.2) is 0 Å². The van der Waals surface area contributed by atoms with Crippen LogP contribution in [0.1, 0.15) is 6.92 Å². The van der Waals surface area contributed by atoms with E-state index in [-0.39, 0.29) is 5.91 Å². The lowest BCUT2D eigenvalue weighted by atomic mass is 10.3. The van der Waals surface area contributed by atoms with E-state index < -0.39 is 0 Å². The fraction of sp³-hybridized carbons (Fsp3) is 0.100. The molecule has 0 spiro atoms. The number of carbonyl (C=O) groups is 1. The van der Waals surface area contributed by atoms with Gasteiger partial charge in [0.2, 0.25) is 0 Å². The van der Waals surface area contributed by atoms with E-state index in [1.807, 2.05) is 13.0 Å². The lowest BCUT2D eigenvalue weighted by molar-refractivity contribution is -0.121. The first-order chi connectivity index (χ1) is 5.70. The van der Waals surface area contributed by atoms with Crippen LogP contribution in [0.2, 0.25) is 0 Å². The molecule has 2 nitrogen and oxygen atoms in total. The predicted octanol–water partition coefficient (Wildman–Crippen LogP) is 1.99. The highest BCUT2D eigenvalue weighted by Gasteiger charge is 2.19. The van der Waals surface area contributed by atoms with E-state index in [9.17, 15) is 4.79 Å². The van der Waals surface area contributed by atoms with E-state index in [0.29, 0.717) is 5.70 Å². The fourth-order valence-corrected chi connectivity index (χ4v) is 1.09. The van der Waals surface area contributed by atoms with Gasteiger partial charge in [-0.05, 0) is 19.1 Å². The minimum Gasteiger partial charge on any atom is -0.278 e. The Hall–Kier alpha value is -1.57. The molecule has 0 saturated heterocycles. The van der Waals surface area contributed by atoms with Crippen LogP contribution in [0.25, 0.3) is 0 Å². The molecule has 1 heterocycles. The minimum absolute atomic E-state index is 0.0620. The standard InChI is InChI=1S/C10H11NO/c1-4-9(5-2)11-8(3)6-7-10(11)12/h4-7H,1,3H2,2H3/b9-5+. The Morgan fingerprint density at radius 3 is 2.58 bits per heavy atom. The van der Waals surface area contributed by atoms with Crippen LogP contribution in [0.15, 0.2) is 48.9 Å². The van der Waals surface area contributed by atoms with Crippen molar-refractivity contribution in [1.82, 2.24) is 4.90 Å². The lowest BCUT2D eigenvalue weighted by Gasteiger charge is -2.17. The third-order valence-electron chi connectivity index (χ3n) is 1.69. The largest absolute Gasteiger partial charge is 0.278 e. The highest BCUT2D eigenvalue weighted by Crippen LogP contribution is 2.19. The summed E-state index contributed by atoms with van der Waals surface area (Å²) in [5.74, 6) is -0.0620. The zero-order valence-electron chi connectivity index (χ0n) is 7.08. The van der Waals surface area contributed by atoms with Crippen LogP contribution in [0, 0.1) is 0 Å². The van der Waals surface area contributed by atoms with Gasteiger partial charge in [-0.1, -0.05) is 19.2 Å². The number of nitrogens with zero attached hydrogens (tertiary/aromatic N) is 1. The molecule has 0 saturated carbocycles. The second-order valence-corrected chi connectivity index (χ2v) is 2.42. The third-order valence-corrected chi connectivity index (χ3v) is 1.69. The minimum atomic E-state index is -0.0620. The van der Waals surface area contributed by atoms with Crippen LogP contribution >= 0.6 is 0 Å². The molecule has 62 valence electrons. The van der Waals surface area contributed by atoms with E-state index in [0.717, 1.165) is 5.70 Å². The molecule has 0 atom stereocenters. The Kier molecular flexibility index (Phi) is 2.29. The average molecular weight is 161 g/mol. The molecule has 0 radical (unpaired) electrons. The summed E-state index contributed by atoms with van der Waals surface area (Å²) in [5, 5.41) is 0. The van der Waals surface area contributed by atoms with Crippen molar-refractivity contribution in [3.05, 3.63) is 48.9 Å². The molecule has 0 fully saturated rings. The molecule has 2 heteroatoms. The first kappa shape index (κ1) is 8.53. The van der Waals surface area contributed by atoms with Crippen molar-refractivity contribution in [1.29, 1.82) is 0 Å². The highest BCUT2D eigenvalue weighted by atomic mass is 16.2. The summed E-state index contributed by atoms with van der Waals surface area (Å²) < 4.78 is 0. The van der Waals surface area contributed by atoms with Crippen molar-refractivity contribution < 1.29 is 4.79 Å².